The van der Waals surface area contributed by atoms with Gasteiger partial charge in [-0.2, -0.15) is 0 Å². The van der Waals surface area contributed by atoms with Gasteiger partial charge in [0.05, 0.1) is 19.1 Å². The average Bonchev–Trinajstić information content (AvgIpc) is 2.86. The van der Waals surface area contributed by atoms with Crippen LogP contribution in [0.5, 0.6) is 5.75 Å². The van der Waals surface area contributed by atoms with Gasteiger partial charge in [-0.25, -0.2) is 8.42 Å². The van der Waals surface area contributed by atoms with Crippen molar-refractivity contribution < 1.29 is 22.7 Å². The monoisotopic (exact) mass is 569 g/mol. The van der Waals surface area contributed by atoms with Crippen molar-refractivity contribution in [1.82, 2.24) is 10.2 Å². The Morgan fingerprint density at radius 1 is 1.05 bits per heavy atom. The first kappa shape index (κ1) is 29.1. The topological polar surface area (TPSA) is 96.0 Å². The summed E-state index contributed by atoms with van der Waals surface area (Å²) < 4.78 is 31.9. The smallest absolute Gasteiger partial charge is 0.244 e. The minimum Gasteiger partial charge on any atom is -0.495 e. The Labute approximate surface area is 228 Å². The molecule has 1 aliphatic rings. The molecule has 0 saturated heterocycles. The Morgan fingerprint density at radius 3 is 2.27 bits per heavy atom. The van der Waals surface area contributed by atoms with Gasteiger partial charge in [0, 0.05) is 22.6 Å². The summed E-state index contributed by atoms with van der Waals surface area (Å²) in [5.41, 5.74) is 0.887. The predicted molar refractivity (Wildman–Crippen MR) is 147 cm³/mol. The van der Waals surface area contributed by atoms with E-state index in [-0.39, 0.29) is 35.0 Å². The number of benzene rings is 2. The quantitative estimate of drug-likeness (QED) is 0.449. The van der Waals surface area contributed by atoms with Crippen molar-refractivity contribution in [2.75, 3.05) is 24.2 Å². The normalized spacial score (nSPS) is 15.1. The van der Waals surface area contributed by atoms with Crippen LogP contribution in [-0.4, -0.2) is 57.1 Å². The molecule has 0 aromatic heterocycles. The number of carbonyl (C=O) groups is 2. The van der Waals surface area contributed by atoms with E-state index in [1.54, 1.807) is 37.3 Å². The minimum absolute atomic E-state index is 0.0689. The van der Waals surface area contributed by atoms with E-state index in [1.165, 1.54) is 24.1 Å². The van der Waals surface area contributed by atoms with Crippen molar-refractivity contribution in [2.24, 2.45) is 0 Å². The van der Waals surface area contributed by atoms with Crippen LogP contribution >= 0.6 is 23.2 Å². The van der Waals surface area contributed by atoms with Gasteiger partial charge >= 0.3 is 0 Å². The fraction of sp³-hybridized carbons (Fsp3) is 0.462. The number of hydrogen-bond donors (Lipinski definition) is 1. The van der Waals surface area contributed by atoms with Gasteiger partial charge in [-0.3, -0.25) is 13.9 Å². The van der Waals surface area contributed by atoms with Crippen LogP contribution in [0.15, 0.2) is 42.5 Å². The fourth-order valence-electron chi connectivity index (χ4n) is 4.39. The molecule has 1 saturated carbocycles. The Kier molecular flexibility index (Phi) is 10.1. The zero-order valence-corrected chi connectivity index (χ0v) is 23.6. The number of nitrogens with zero attached hydrogens (tertiary/aromatic N) is 2. The summed E-state index contributed by atoms with van der Waals surface area (Å²) in [5, 5.41) is 3.90. The highest BCUT2D eigenvalue weighted by Gasteiger charge is 2.32. The molecule has 0 radical (unpaired) electrons. The number of nitrogens with one attached hydrogen (secondary N) is 1. The molecular weight excluding hydrogens is 537 g/mol. The van der Waals surface area contributed by atoms with Gasteiger partial charge in [0.1, 0.15) is 18.3 Å². The van der Waals surface area contributed by atoms with Gasteiger partial charge in [0.25, 0.3) is 0 Å². The van der Waals surface area contributed by atoms with Gasteiger partial charge in [-0.1, -0.05) is 54.6 Å². The van der Waals surface area contributed by atoms with Crippen LogP contribution in [0.25, 0.3) is 0 Å². The molecule has 2 amide bonds. The van der Waals surface area contributed by atoms with E-state index >= 15 is 0 Å². The first-order valence-electron chi connectivity index (χ1n) is 12.1. The molecule has 37 heavy (non-hydrogen) atoms. The zero-order chi connectivity index (χ0) is 27.2. The zero-order valence-electron chi connectivity index (χ0n) is 21.2. The Bertz CT molecular complexity index is 1200. The first-order valence-corrected chi connectivity index (χ1v) is 14.8. The van der Waals surface area contributed by atoms with Crippen LogP contribution in [0.2, 0.25) is 10.0 Å². The van der Waals surface area contributed by atoms with Gasteiger partial charge in [0.15, 0.2) is 0 Å². The number of halogens is 2. The summed E-state index contributed by atoms with van der Waals surface area (Å²) in [6.45, 7) is 1.21. The highest BCUT2D eigenvalue weighted by Crippen LogP contribution is 2.33. The molecular formula is C26H33Cl2N3O5S. The molecule has 8 nitrogen and oxygen atoms in total. The molecule has 0 spiro atoms. The fourth-order valence-corrected chi connectivity index (χ4v) is 5.53. The second kappa shape index (κ2) is 12.8. The molecule has 1 aliphatic carbocycles. The largest absolute Gasteiger partial charge is 0.495 e. The second-order valence-corrected chi connectivity index (χ2v) is 12.0. The van der Waals surface area contributed by atoms with E-state index < -0.39 is 28.5 Å². The van der Waals surface area contributed by atoms with E-state index in [4.69, 9.17) is 27.9 Å². The van der Waals surface area contributed by atoms with Crippen molar-refractivity contribution in [3.8, 4) is 5.75 Å². The lowest BCUT2D eigenvalue weighted by atomic mass is 9.95. The van der Waals surface area contributed by atoms with Crippen molar-refractivity contribution in [3.05, 3.63) is 58.1 Å². The van der Waals surface area contributed by atoms with Crippen molar-refractivity contribution in [1.29, 1.82) is 0 Å². The molecule has 2 aromatic rings. The summed E-state index contributed by atoms with van der Waals surface area (Å²) >= 11 is 12.2. The molecule has 0 bridgehead atoms. The number of anilines is 1. The summed E-state index contributed by atoms with van der Waals surface area (Å²) in [6, 6.07) is 10.7. The summed E-state index contributed by atoms with van der Waals surface area (Å²) in [4.78, 5) is 28.3. The molecule has 11 heteroatoms. The molecule has 1 atom stereocenters. The minimum atomic E-state index is -3.91. The first-order chi connectivity index (χ1) is 17.5. The number of sulfonamides is 1. The number of amides is 2. The van der Waals surface area contributed by atoms with Crippen molar-refractivity contribution >= 4 is 50.7 Å². The van der Waals surface area contributed by atoms with E-state index in [0.29, 0.717) is 5.02 Å². The van der Waals surface area contributed by atoms with E-state index in [2.05, 4.69) is 5.32 Å². The molecule has 1 N–H and O–H groups in total. The van der Waals surface area contributed by atoms with Gasteiger partial charge in [-0.05, 0) is 55.7 Å². The summed E-state index contributed by atoms with van der Waals surface area (Å²) in [7, 11) is -2.51. The van der Waals surface area contributed by atoms with Crippen LogP contribution < -0.4 is 14.4 Å². The maximum atomic E-state index is 13.7. The third-order valence-corrected chi connectivity index (χ3v) is 8.09. The van der Waals surface area contributed by atoms with Crippen LogP contribution in [0.1, 0.15) is 44.6 Å². The number of methoxy groups -OCH3 is 1. The summed E-state index contributed by atoms with van der Waals surface area (Å²) in [6.07, 6.45) is 6.07. The van der Waals surface area contributed by atoms with Crippen LogP contribution in [0.3, 0.4) is 0 Å². The van der Waals surface area contributed by atoms with Gasteiger partial charge in [-0.15, -0.1) is 0 Å². The van der Waals surface area contributed by atoms with Crippen molar-refractivity contribution in [3.63, 3.8) is 0 Å². The molecule has 202 valence electrons. The lowest BCUT2D eigenvalue weighted by molar-refractivity contribution is -0.139. The third kappa shape index (κ3) is 7.99. The molecule has 1 unspecified atom stereocenters. The molecule has 3 rings (SSSR count). The number of rotatable bonds is 10. The van der Waals surface area contributed by atoms with E-state index in [1.807, 2.05) is 0 Å². The highest BCUT2D eigenvalue weighted by atomic mass is 35.5. The van der Waals surface area contributed by atoms with Crippen LogP contribution in [0.4, 0.5) is 5.69 Å². The maximum absolute atomic E-state index is 13.7. The Balaban J connectivity index is 1.91. The molecule has 1 fully saturated rings. The lowest BCUT2D eigenvalue weighted by Gasteiger charge is -2.33. The molecule has 0 aliphatic heterocycles. The summed E-state index contributed by atoms with van der Waals surface area (Å²) in [5.74, 6) is -0.580. The number of ether oxygens (including phenoxy) is 1. The van der Waals surface area contributed by atoms with Crippen LogP contribution in [0, 0.1) is 0 Å². The van der Waals surface area contributed by atoms with E-state index in [9.17, 15) is 18.0 Å². The average molecular weight is 571 g/mol. The van der Waals surface area contributed by atoms with Crippen LogP contribution in [-0.2, 0) is 26.2 Å². The van der Waals surface area contributed by atoms with Crippen molar-refractivity contribution in [2.45, 2.75) is 57.7 Å². The number of hydrogen-bond acceptors (Lipinski definition) is 5. The third-order valence-electron chi connectivity index (χ3n) is 6.47. The van der Waals surface area contributed by atoms with E-state index in [0.717, 1.165) is 48.2 Å². The maximum Gasteiger partial charge on any atom is 0.244 e. The van der Waals surface area contributed by atoms with Gasteiger partial charge in [0.2, 0.25) is 21.8 Å². The number of carbonyl (C=O) groups excluding carboxylic acids is 2. The molecule has 0 heterocycles. The predicted octanol–water partition coefficient (Wildman–Crippen LogP) is 4.63. The SMILES string of the molecule is COc1ccc(Cl)cc1N(CC(=O)N(Cc1ccc(Cl)cc1)C(C)C(=O)NC1CCCCC1)S(C)(=O)=O. The Hall–Kier alpha value is -2.49. The Morgan fingerprint density at radius 2 is 1.68 bits per heavy atom. The highest BCUT2D eigenvalue weighted by molar-refractivity contribution is 7.92. The van der Waals surface area contributed by atoms with Gasteiger partial charge < -0.3 is 15.0 Å². The molecule has 2 aromatic carbocycles. The lowest BCUT2D eigenvalue weighted by Crippen LogP contribution is -2.53. The standard InChI is InChI=1S/C26H33Cl2N3O5S/c1-18(26(33)29-22-7-5-4-6-8-22)30(16-19-9-11-20(27)12-10-19)25(32)17-31(37(3,34)35)23-15-21(28)13-14-24(23)36-2/h9-15,18,22H,4-8,16-17H2,1-3H3,(H,29,33). The second-order valence-electron chi connectivity index (χ2n) is 9.25.